The monoisotopic (exact) mass is 844 g/mol. The van der Waals surface area contributed by atoms with Crippen LogP contribution in [0, 0.1) is 0 Å². The van der Waals surface area contributed by atoms with Gasteiger partial charge in [0.05, 0.1) is 39.9 Å². The molecule has 1 amide bonds. The fourth-order valence-corrected chi connectivity index (χ4v) is 8.25. The molecule has 0 aliphatic carbocycles. The number of amides is 1. The average molecular weight is 844 g/mol. The van der Waals surface area contributed by atoms with Crippen LogP contribution in [0.4, 0.5) is 0 Å². The highest BCUT2D eigenvalue weighted by molar-refractivity contribution is 7.47. The quantitative estimate of drug-likeness (QED) is 0.0244. The van der Waals surface area contributed by atoms with Crippen molar-refractivity contribution in [1.29, 1.82) is 0 Å². The van der Waals surface area contributed by atoms with E-state index in [0.717, 1.165) is 38.5 Å². The number of likely N-dealkylation sites (N-methyl/N-ethyl adjacent to an activating group) is 1. The predicted octanol–water partition coefficient (Wildman–Crippen LogP) is 14.3. The maximum atomic E-state index is 12.9. The van der Waals surface area contributed by atoms with Crippen molar-refractivity contribution in [1.82, 2.24) is 5.32 Å². The summed E-state index contributed by atoms with van der Waals surface area (Å²) in [6, 6.07) is -0.839. The summed E-state index contributed by atoms with van der Waals surface area (Å²) in [5, 5.41) is 13.8. The van der Waals surface area contributed by atoms with Crippen molar-refractivity contribution in [3.63, 3.8) is 0 Å². The smallest absolute Gasteiger partial charge is 0.387 e. The Hall–Kier alpha value is -0.760. The Balaban J connectivity index is 4.02. The zero-order valence-corrected chi connectivity index (χ0v) is 40.2. The van der Waals surface area contributed by atoms with E-state index in [1.54, 1.807) is 6.08 Å². The minimum Gasteiger partial charge on any atom is -0.387 e. The molecule has 0 aliphatic heterocycles. The molecule has 8 nitrogen and oxygen atoms in total. The molecule has 0 aromatic carbocycles. The number of hydrogen-bond acceptors (Lipinski definition) is 5. The van der Waals surface area contributed by atoms with E-state index < -0.39 is 20.0 Å². The van der Waals surface area contributed by atoms with Crippen LogP contribution in [0.5, 0.6) is 0 Å². The van der Waals surface area contributed by atoms with Crippen molar-refractivity contribution < 1.29 is 32.9 Å². The number of allylic oxidation sites excluding steroid dienone is 1. The molecule has 3 atom stereocenters. The van der Waals surface area contributed by atoms with Gasteiger partial charge >= 0.3 is 7.82 Å². The van der Waals surface area contributed by atoms with Crippen molar-refractivity contribution in [3.8, 4) is 0 Å². The molecular formula is C49H100N2O6P+. The van der Waals surface area contributed by atoms with Gasteiger partial charge in [0.2, 0.25) is 5.91 Å². The van der Waals surface area contributed by atoms with Crippen LogP contribution < -0.4 is 5.32 Å². The average Bonchev–Trinajstić information content (AvgIpc) is 3.17. The number of quaternary nitrogens is 1. The van der Waals surface area contributed by atoms with Gasteiger partial charge in [0, 0.05) is 6.42 Å². The number of carbonyl (C=O) groups is 1. The topological polar surface area (TPSA) is 105 Å². The SMILES string of the molecule is CCCCCCCCC/C=C/[C@@H](O)[C@H](COP(=O)(O)OCC[N+](C)(C)C)NC(=O)CCCCCCCCCCCCCCCCCCCCCCCCCCCCC. The maximum absolute atomic E-state index is 12.9. The van der Waals surface area contributed by atoms with Gasteiger partial charge in [-0.2, -0.15) is 0 Å². The molecule has 0 fully saturated rings. The molecular weight excluding hydrogens is 744 g/mol. The van der Waals surface area contributed by atoms with Gasteiger partial charge in [-0.05, 0) is 19.3 Å². The molecule has 0 bridgehead atoms. The number of nitrogens with zero attached hydrogens (tertiary/aromatic N) is 1. The lowest BCUT2D eigenvalue weighted by Crippen LogP contribution is -2.45. The molecule has 346 valence electrons. The van der Waals surface area contributed by atoms with Crippen LogP contribution >= 0.6 is 7.82 Å². The second kappa shape index (κ2) is 41.6. The fourth-order valence-electron chi connectivity index (χ4n) is 7.51. The number of phosphoric ester groups is 1. The van der Waals surface area contributed by atoms with Crippen molar-refractivity contribution in [2.24, 2.45) is 0 Å². The van der Waals surface area contributed by atoms with E-state index in [9.17, 15) is 19.4 Å². The van der Waals surface area contributed by atoms with Gasteiger partial charge in [0.25, 0.3) is 0 Å². The van der Waals surface area contributed by atoms with E-state index in [1.807, 2.05) is 27.2 Å². The summed E-state index contributed by atoms with van der Waals surface area (Å²) >= 11 is 0. The third-order valence-electron chi connectivity index (χ3n) is 11.5. The molecule has 0 aromatic rings. The second-order valence-corrected chi connectivity index (χ2v) is 20.0. The van der Waals surface area contributed by atoms with Crippen molar-refractivity contribution in [2.75, 3.05) is 40.9 Å². The first kappa shape index (κ1) is 57.2. The second-order valence-electron chi connectivity index (χ2n) is 18.6. The predicted molar refractivity (Wildman–Crippen MR) is 249 cm³/mol. The maximum Gasteiger partial charge on any atom is 0.472 e. The summed E-state index contributed by atoms with van der Waals surface area (Å²) in [5.41, 5.74) is 0. The summed E-state index contributed by atoms with van der Waals surface area (Å²) < 4.78 is 23.5. The fraction of sp³-hybridized carbons (Fsp3) is 0.939. The molecule has 9 heteroatoms. The van der Waals surface area contributed by atoms with Gasteiger partial charge in [-0.25, -0.2) is 4.57 Å². The third-order valence-corrected chi connectivity index (χ3v) is 12.5. The molecule has 1 unspecified atom stereocenters. The first-order valence-corrected chi connectivity index (χ1v) is 26.6. The molecule has 0 saturated heterocycles. The number of aliphatic hydroxyl groups is 1. The standard InChI is InChI=1S/C49H99N2O6P/c1-6-8-10-12-14-16-17-18-19-20-21-22-23-24-25-26-27-28-29-30-31-32-33-35-37-39-41-43-49(53)50-47(46-57-58(54,55)56-45-44-51(3,4)5)48(52)42-40-38-36-34-15-13-11-9-7-2/h40,42,47-48,52H,6-39,41,43-46H2,1-5H3,(H-,50,53,54,55)/p+1/b42-40+/t47-,48+/m0/s1. The lowest BCUT2D eigenvalue weighted by atomic mass is 10.0. The van der Waals surface area contributed by atoms with E-state index >= 15 is 0 Å². The van der Waals surface area contributed by atoms with Gasteiger partial charge in [-0.1, -0.05) is 231 Å². The molecule has 0 radical (unpaired) electrons. The van der Waals surface area contributed by atoms with Gasteiger partial charge in [-0.15, -0.1) is 0 Å². The Bertz CT molecular complexity index is 958. The zero-order chi connectivity index (χ0) is 42.8. The van der Waals surface area contributed by atoms with Gasteiger partial charge in [-0.3, -0.25) is 13.8 Å². The summed E-state index contributed by atoms with van der Waals surface area (Å²) in [4.78, 5) is 23.1. The largest absolute Gasteiger partial charge is 0.472 e. The molecule has 0 spiro atoms. The summed E-state index contributed by atoms with van der Waals surface area (Å²) in [6.07, 6.45) is 48.9. The highest BCUT2D eigenvalue weighted by atomic mass is 31.2. The first-order valence-electron chi connectivity index (χ1n) is 25.1. The number of phosphoric acid groups is 1. The van der Waals surface area contributed by atoms with Crippen LogP contribution in [0.3, 0.4) is 0 Å². The van der Waals surface area contributed by atoms with Gasteiger partial charge in [0.1, 0.15) is 13.2 Å². The summed E-state index contributed by atoms with van der Waals surface area (Å²) in [7, 11) is 1.58. The van der Waals surface area contributed by atoms with Crippen LogP contribution in [0.2, 0.25) is 0 Å². The Morgan fingerprint density at radius 2 is 0.914 bits per heavy atom. The number of aliphatic hydroxyl groups excluding tert-OH is 1. The van der Waals surface area contributed by atoms with Crippen LogP contribution in [0.1, 0.15) is 245 Å². The Labute approximate surface area is 361 Å². The number of carbonyl (C=O) groups excluding carboxylic acids is 1. The Morgan fingerprint density at radius 3 is 1.28 bits per heavy atom. The molecule has 0 rings (SSSR count). The number of nitrogens with one attached hydrogen (secondary N) is 1. The summed E-state index contributed by atoms with van der Waals surface area (Å²) in [5.74, 6) is -0.175. The van der Waals surface area contributed by atoms with Crippen LogP contribution in [0.25, 0.3) is 0 Å². The van der Waals surface area contributed by atoms with E-state index in [1.165, 1.54) is 186 Å². The molecule has 3 N–H and O–H groups in total. The number of hydrogen-bond donors (Lipinski definition) is 3. The molecule has 0 aliphatic rings. The van der Waals surface area contributed by atoms with Crippen LogP contribution in [-0.2, 0) is 18.4 Å². The van der Waals surface area contributed by atoms with E-state index in [0.29, 0.717) is 17.4 Å². The number of rotatable bonds is 46. The lowest BCUT2D eigenvalue weighted by molar-refractivity contribution is -0.870. The van der Waals surface area contributed by atoms with E-state index in [2.05, 4.69) is 19.2 Å². The van der Waals surface area contributed by atoms with Crippen molar-refractivity contribution in [3.05, 3.63) is 12.2 Å². The van der Waals surface area contributed by atoms with Gasteiger partial charge in [0.15, 0.2) is 0 Å². The van der Waals surface area contributed by atoms with Crippen molar-refractivity contribution in [2.45, 2.75) is 257 Å². The zero-order valence-electron chi connectivity index (χ0n) is 39.3. The van der Waals surface area contributed by atoms with E-state index in [4.69, 9.17) is 9.05 Å². The minimum atomic E-state index is -4.33. The molecule has 58 heavy (non-hydrogen) atoms. The Kier molecular flexibility index (Phi) is 41.0. The minimum absolute atomic E-state index is 0.0643. The molecule has 0 saturated carbocycles. The van der Waals surface area contributed by atoms with Crippen LogP contribution in [0.15, 0.2) is 12.2 Å². The molecule has 0 heterocycles. The van der Waals surface area contributed by atoms with Gasteiger partial charge < -0.3 is 19.8 Å². The molecule has 0 aromatic heterocycles. The van der Waals surface area contributed by atoms with Crippen molar-refractivity contribution >= 4 is 13.7 Å². The lowest BCUT2D eigenvalue weighted by Gasteiger charge is -2.25. The first-order chi connectivity index (χ1) is 28.0. The Morgan fingerprint density at radius 1 is 0.569 bits per heavy atom. The third kappa shape index (κ3) is 43.3. The number of unbranched alkanes of at least 4 members (excludes halogenated alkanes) is 33. The highest BCUT2D eigenvalue weighted by Crippen LogP contribution is 2.43. The van der Waals surface area contributed by atoms with Crippen LogP contribution in [-0.4, -0.2) is 73.4 Å². The highest BCUT2D eigenvalue weighted by Gasteiger charge is 2.27. The normalized spacial score (nSPS) is 14.3. The van der Waals surface area contributed by atoms with E-state index in [-0.39, 0.29) is 19.1 Å². The summed E-state index contributed by atoms with van der Waals surface area (Å²) in [6.45, 7) is 4.81.